The first-order chi connectivity index (χ1) is 6.20. The topological polar surface area (TPSA) is 20.7 Å². The Morgan fingerprint density at radius 1 is 1.38 bits per heavy atom. The van der Waals surface area contributed by atoms with E-state index in [-0.39, 0.29) is 0 Å². The summed E-state index contributed by atoms with van der Waals surface area (Å²) in [5.74, 6) is 0. The van der Waals surface area contributed by atoms with Gasteiger partial charge in [0.15, 0.2) is 0 Å². The van der Waals surface area contributed by atoms with E-state index in [9.17, 15) is 0 Å². The average Bonchev–Trinajstić information content (AvgIpc) is 2.48. The summed E-state index contributed by atoms with van der Waals surface area (Å²) in [4.78, 5) is 3.25. The quantitative estimate of drug-likeness (QED) is 0.821. The van der Waals surface area contributed by atoms with Crippen molar-refractivity contribution < 1.29 is 19.4 Å². The maximum atomic E-state index is 3.25. The molecule has 68 valence electrons. The molecule has 0 aliphatic heterocycles. The molecule has 2 aromatic rings. The zero-order chi connectivity index (χ0) is 9.42. The second kappa shape index (κ2) is 3.26. The third kappa shape index (κ3) is 1.44. The summed E-state index contributed by atoms with van der Waals surface area (Å²) in [6, 6.07) is 4.87. The Morgan fingerprint density at radius 2 is 2.15 bits per heavy atom. The Balaban J connectivity index is 2.83. The molecule has 2 nitrogen and oxygen atoms in total. The van der Waals surface area contributed by atoms with Crippen LogP contribution < -0.4 is 0 Å². The van der Waals surface area contributed by atoms with Crippen LogP contribution in [0.4, 0.5) is 0 Å². The van der Waals surface area contributed by atoms with Crippen molar-refractivity contribution in [2.75, 3.05) is 0 Å². The van der Waals surface area contributed by atoms with Crippen LogP contribution in [0.5, 0.6) is 0 Å². The van der Waals surface area contributed by atoms with Crippen molar-refractivity contribution in [2.45, 2.75) is 19.9 Å². The van der Waals surface area contributed by atoms with Gasteiger partial charge in [0, 0.05) is 0 Å². The number of nitrogens with one attached hydrogen (secondary N) is 1. The first-order valence-corrected chi connectivity index (χ1v) is 5.85. The van der Waals surface area contributed by atoms with Crippen LogP contribution >= 0.6 is 0 Å². The summed E-state index contributed by atoms with van der Waals surface area (Å²) >= 11 is 1.49. The van der Waals surface area contributed by atoms with Crippen LogP contribution in [0.3, 0.4) is 0 Å². The fourth-order valence-corrected chi connectivity index (χ4v) is 2.42. The fourth-order valence-electron chi connectivity index (χ4n) is 1.55. The third-order valence-corrected chi connectivity index (χ3v) is 3.43. The van der Waals surface area contributed by atoms with Crippen molar-refractivity contribution in [3.8, 4) is 0 Å². The van der Waals surface area contributed by atoms with E-state index >= 15 is 0 Å². The van der Waals surface area contributed by atoms with Crippen LogP contribution in [0.25, 0.3) is 10.9 Å². The Kier molecular flexibility index (Phi) is 2.25. The Bertz CT molecular complexity index is 479. The van der Waals surface area contributed by atoms with E-state index < -0.39 is 0 Å². The molecule has 2 heterocycles. The fraction of sp³-hybridized carbons (Fsp3) is 0.300. The molecule has 0 saturated heterocycles. The number of rotatable bonds is 1. The molecular formula is C10H12N2W. The molecule has 0 atom stereocenters. The molecule has 0 unspecified atom stereocenters. The average molecular weight is 344 g/mol. The van der Waals surface area contributed by atoms with Gasteiger partial charge in [-0.05, 0) is 0 Å². The van der Waals surface area contributed by atoms with Gasteiger partial charge in [-0.2, -0.15) is 0 Å². The van der Waals surface area contributed by atoms with Crippen molar-refractivity contribution in [3.63, 3.8) is 0 Å². The van der Waals surface area contributed by atoms with Crippen LogP contribution in [0.2, 0.25) is 0 Å². The van der Waals surface area contributed by atoms with Crippen molar-refractivity contribution in [2.24, 2.45) is 0 Å². The molecule has 0 aliphatic rings. The molecule has 0 aliphatic carbocycles. The van der Waals surface area contributed by atoms with Crippen LogP contribution in [-0.2, 0) is 19.4 Å². The molecule has 2 aromatic heterocycles. The van der Waals surface area contributed by atoms with Crippen molar-refractivity contribution in [3.05, 3.63) is 28.2 Å². The predicted molar refractivity (Wildman–Crippen MR) is 49.9 cm³/mol. The van der Waals surface area contributed by atoms with Crippen molar-refractivity contribution in [1.82, 2.24) is 9.55 Å². The summed E-state index contributed by atoms with van der Waals surface area (Å²) in [6.07, 6.45) is 4.18. The zero-order valence-corrected chi connectivity index (χ0v) is 10.7. The number of nitrogens with zero attached hydrogens (tertiary/aromatic N) is 1. The summed E-state index contributed by atoms with van der Waals surface area (Å²) < 4.78 is 3.62. The number of hydrogen-bond acceptors (Lipinski definition) is 0. The van der Waals surface area contributed by atoms with Crippen LogP contribution in [0.15, 0.2) is 24.5 Å². The molecule has 0 radical (unpaired) electrons. The molecule has 0 saturated carbocycles. The van der Waals surface area contributed by atoms with E-state index in [4.69, 9.17) is 0 Å². The van der Waals surface area contributed by atoms with Gasteiger partial charge >= 0.3 is 87.9 Å². The first-order valence-electron chi connectivity index (χ1n) is 4.38. The molecule has 0 fully saturated rings. The molecule has 3 heteroatoms. The van der Waals surface area contributed by atoms with E-state index in [0.717, 1.165) is 0 Å². The minimum absolute atomic E-state index is 0.536. The number of hydrogen-bond donors (Lipinski definition) is 1. The first kappa shape index (κ1) is 8.95. The van der Waals surface area contributed by atoms with E-state index in [1.165, 1.54) is 33.9 Å². The normalized spacial score (nSPS) is 11.3. The van der Waals surface area contributed by atoms with E-state index in [0.29, 0.717) is 6.04 Å². The molecular weight excluding hydrogens is 332 g/mol. The van der Waals surface area contributed by atoms with Gasteiger partial charge in [0.25, 0.3) is 0 Å². The molecule has 1 N–H and O–H groups in total. The van der Waals surface area contributed by atoms with Gasteiger partial charge in [-0.1, -0.05) is 0 Å². The van der Waals surface area contributed by atoms with Gasteiger partial charge in [0.1, 0.15) is 0 Å². The van der Waals surface area contributed by atoms with Crippen LogP contribution in [0.1, 0.15) is 19.9 Å². The maximum absolute atomic E-state index is 3.25. The van der Waals surface area contributed by atoms with Gasteiger partial charge in [-0.15, -0.1) is 0 Å². The predicted octanol–water partition coefficient (Wildman–Crippen LogP) is 2.63. The van der Waals surface area contributed by atoms with E-state index in [1.807, 2.05) is 6.20 Å². The molecule has 2 rings (SSSR count). The van der Waals surface area contributed by atoms with Gasteiger partial charge in [-0.3, -0.25) is 0 Å². The molecule has 0 aromatic carbocycles. The number of pyridine rings is 1. The van der Waals surface area contributed by atoms with Gasteiger partial charge in [0.2, 0.25) is 0 Å². The Morgan fingerprint density at radius 3 is 2.85 bits per heavy atom. The summed E-state index contributed by atoms with van der Waals surface area (Å²) in [5.41, 5.74) is 1.33. The monoisotopic (exact) mass is 344 g/mol. The van der Waals surface area contributed by atoms with Crippen LogP contribution in [0, 0.1) is 3.67 Å². The SMILES string of the molecule is CC(C)n1ccc2[c](=[W])[nH]ccc21. The minimum atomic E-state index is 0.536. The molecule has 0 spiro atoms. The second-order valence-corrected chi connectivity index (χ2v) is 4.89. The number of H-pyrrole nitrogens is 1. The van der Waals surface area contributed by atoms with Crippen molar-refractivity contribution >= 4 is 10.9 Å². The van der Waals surface area contributed by atoms with E-state index in [2.05, 4.69) is 41.7 Å². The summed E-state index contributed by atoms with van der Waals surface area (Å²) in [7, 11) is 0. The van der Waals surface area contributed by atoms with Gasteiger partial charge < -0.3 is 0 Å². The van der Waals surface area contributed by atoms with Gasteiger partial charge in [-0.25, -0.2) is 0 Å². The molecule has 13 heavy (non-hydrogen) atoms. The number of aromatic amines is 1. The van der Waals surface area contributed by atoms with Crippen LogP contribution in [-0.4, -0.2) is 9.55 Å². The number of fused-ring (bicyclic) bond motifs is 1. The second-order valence-electron chi connectivity index (χ2n) is 3.42. The Hall–Kier alpha value is -0.622. The zero-order valence-electron chi connectivity index (χ0n) is 7.74. The Labute approximate surface area is 88.0 Å². The summed E-state index contributed by atoms with van der Waals surface area (Å²) in [6.45, 7) is 4.41. The number of aromatic nitrogens is 2. The molecule has 0 bridgehead atoms. The third-order valence-electron chi connectivity index (χ3n) is 2.21. The molecule has 0 amide bonds. The van der Waals surface area contributed by atoms with Crippen molar-refractivity contribution in [1.29, 1.82) is 0 Å². The summed E-state index contributed by atoms with van der Waals surface area (Å²) in [5, 5.41) is 1.35. The van der Waals surface area contributed by atoms with E-state index in [1.54, 1.807) is 0 Å². The van der Waals surface area contributed by atoms with Gasteiger partial charge in [0.05, 0.1) is 0 Å². The standard InChI is InChI=1S/C10H12N2.W/c1-8(2)12-6-4-9-7-11-5-3-10(9)12;/h3-6,8,11H,1-2H3;.